The third-order valence-corrected chi connectivity index (χ3v) is 3.16. The fourth-order valence-corrected chi connectivity index (χ4v) is 1.90. The highest BCUT2D eigenvalue weighted by atomic mass is 16.5. The van der Waals surface area contributed by atoms with Crippen LogP contribution in [0.25, 0.3) is 0 Å². The monoisotopic (exact) mass is 250 g/mol. The van der Waals surface area contributed by atoms with Gasteiger partial charge in [-0.15, -0.1) is 0 Å². The molecule has 0 spiro atoms. The quantitative estimate of drug-likeness (QED) is 0.796. The highest BCUT2D eigenvalue weighted by Gasteiger charge is 2.29. The molecule has 98 valence electrons. The van der Waals surface area contributed by atoms with Crippen LogP contribution in [-0.2, 0) is 11.2 Å². The number of ether oxygens (including phenoxy) is 1. The average molecular weight is 250 g/mol. The zero-order chi connectivity index (χ0) is 13.3. The van der Waals surface area contributed by atoms with Crippen molar-refractivity contribution in [1.29, 1.82) is 0 Å². The van der Waals surface area contributed by atoms with Gasteiger partial charge >= 0.3 is 0 Å². The van der Waals surface area contributed by atoms with E-state index in [-0.39, 0.29) is 6.10 Å². The molecule has 1 aromatic rings. The molecule has 0 radical (unpaired) electrons. The Labute approximate surface area is 106 Å². The van der Waals surface area contributed by atoms with Crippen LogP contribution in [0, 0.1) is 0 Å². The summed E-state index contributed by atoms with van der Waals surface area (Å²) in [7, 11) is 0. The minimum Gasteiger partial charge on any atom is -0.491 e. The SMILES string of the molecule is CC[C@@H](C)Oc1ccc2c(c1)N(O)C(=O)[C@@H](N)C2. The number of amides is 1. The number of carbonyl (C=O) groups is 1. The van der Waals surface area contributed by atoms with Crippen LogP contribution < -0.4 is 15.5 Å². The predicted molar refractivity (Wildman–Crippen MR) is 67.8 cm³/mol. The van der Waals surface area contributed by atoms with Gasteiger partial charge in [-0.2, -0.15) is 5.06 Å². The number of hydrogen-bond acceptors (Lipinski definition) is 4. The summed E-state index contributed by atoms with van der Waals surface area (Å²) >= 11 is 0. The Bertz CT molecular complexity index is 462. The molecule has 0 aromatic heterocycles. The van der Waals surface area contributed by atoms with Crippen molar-refractivity contribution in [3.05, 3.63) is 23.8 Å². The number of fused-ring (bicyclic) bond motifs is 1. The fourth-order valence-electron chi connectivity index (χ4n) is 1.90. The van der Waals surface area contributed by atoms with Crippen LogP contribution in [0.15, 0.2) is 18.2 Å². The summed E-state index contributed by atoms with van der Waals surface area (Å²) in [6.45, 7) is 4.00. The van der Waals surface area contributed by atoms with E-state index in [9.17, 15) is 10.0 Å². The molecule has 0 fully saturated rings. The van der Waals surface area contributed by atoms with Crippen LogP contribution in [0.1, 0.15) is 25.8 Å². The molecule has 2 atom stereocenters. The highest BCUT2D eigenvalue weighted by molar-refractivity contribution is 5.98. The lowest BCUT2D eigenvalue weighted by Gasteiger charge is -2.28. The first-order chi connectivity index (χ1) is 8.52. The van der Waals surface area contributed by atoms with Gasteiger partial charge in [-0.25, -0.2) is 0 Å². The fraction of sp³-hybridized carbons (Fsp3) is 0.462. The van der Waals surface area contributed by atoms with Crippen molar-refractivity contribution in [3.63, 3.8) is 0 Å². The standard InChI is InChI=1S/C13H18N2O3/c1-3-8(2)18-10-5-4-9-6-11(14)13(16)15(17)12(9)7-10/h4-5,7-8,11,17H,3,6,14H2,1-2H3/t8-,11+/m1/s1. The lowest BCUT2D eigenvalue weighted by molar-refractivity contribution is -0.125. The van der Waals surface area contributed by atoms with Crippen LogP contribution in [0.3, 0.4) is 0 Å². The molecule has 0 aliphatic carbocycles. The molecule has 1 aromatic carbocycles. The lowest BCUT2D eigenvalue weighted by atomic mass is 9.99. The summed E-state index contributed by atoms with van der Waals surface area (Å²) in [6, 6.07) is 4.67. The predicted octanol–water partition coefficient (Wildman–Crippen LogP) is 1.47. The van der Waals surface area contributed by atoms with E-state index in [4.69, 9.17) is 10.5 Å². The Morgan fingerprint density at radius 2 is 2.33 bits per heavy atom. The second-order valence-electron chi connectivity index (χ2n) is 4.59. The molecule has 3 N–H and O–H groups in total. The number of nitrogens with zero attached hydrogens (tertiary/aromatic N) is 1. The van der Waals surface area contributed by atoms with Gasteiger partial charge in [0.05, 0.1) is 17.8 Å². The van der Waals surface area contributed by atoms with Crippen molar-refractivity contribution in [2.45, 2.75) is 38.8 Å². The average Bonchev–Trinajstić information content (AvgIpc) is 2.37. The van der Waals surface area contributed by atoms with Gasteiger partial charge in [-0.3, -0.25) is 10.0 Å². The maximum Gasteiger partial charge on any atom is 0.267 e. The summed E-state index contributed by atoms with van der Waals surface area (Å²) in [5, 5.41) is 10.4. The normalized spacial score (nSPS) is 20.6. The summed E-state index contributed by atoms with van der Waals surface area (Å²) in [6.07, 6.45) is 1.43. The molecule has 1 heterocycles. The Kier molecular flexibility index (Phi) is 3.54. The first kappa shape index (κ1) is 12.9. The van der Waals surface area contributed by atoms with E-state index in [1.54, 1.807) is 6.07 Å². The smallest absolute Gasteiger partial charge is 0.267 e. The molecule has 0 unspecified atom stereocenters. The Morgan fingerprint density at radius 1 is 1.61 bits per heavy atom. The molecule has 1 aliphatic heterocycles. The lowest BCUT2D eigenvalue weighted by Crippen LogP contribution is -2.47. The van der Waals surface area contributed by atoms with E-state index in [0.29, 0.717) is 22.9 Å². The molecule has 2 rings (SSSR count). The molecule has 0 bridgehead atoms. The summed E-state index contributed by atoms with van der Waals surface area (Å²) in [4.78, 5) is 11.6. The molecule has 1 aliphatic rings. The highest BCUT2D eigenvalue weighted by Crippen LogP contribution is 2.30. The molecule has 5 nitrogen and oxygen atoms in total. The third-order valence-electron chi connectivity index (χ3n) is 3.16. The van der Waals surface area contributed by atoms with Crippen molar-refractivity contribution in [3.8, 4) is 5.75 Å². The molecule has 1 amide bonds. The van der Waals surface area contributed by atoms with Crippen molar-refractivity contribution in [2.24, 2.45) is 5.73 Å². The van der Waals surface area contributed by atoms with Gasteiger partial charge in [0.2, 0.25) is 0 Å². The number of benzene rings is 1. The summed E-state index contributed by atoms with van der Waals surface area (Å²) in [5.41, 5.74) is 6.95. The third kappa shape index (κ3) is 2.32. The van der Waals surface area contributed by atoms with Crippen molar-refractivity contribution in [2.75, 3.05) is 5.06 Å². The van der Waals surface area contributed by atoms with Gasteiger partial charge in [-0.05, 0) is 31.4 Å². The van der Waals surface area contributed by atoms with Gasteiger partial charge in [0.25, 0.3) is 5.91 Å². The second-order valence-corrected chi connectivity index (χ2v) is 4.59. The van der Waals surface area contributed by atoms with Gasteiger partial charge < -0.3 is 10.5 Å². The number of hydroxylamine groups is 1. The number of carbonyl (C=O) groups excluding carboxylic acids is 1. The Balaban J connectivity index is 2.29. The van der Waals surface area contributed by atoms with Crippen molar-refractivity contribution < 1.29 is 14.7 Å². The Hall–Kier alpha value is -1.59. The topological polar surface area (TPSA) is 75.8 Å². The van der Waals surface area contributed by atoms with Gasteiger partial charge in [-0.1, -0.05) is 13.0 Å². The summed E-state index contributed by atoms with van der Waals surface area (Å²) < 4.78 is 5.66. The van der Waals surface area contributed by atoms with Crippen LogP contribution in [0.4, 0.5) is 5.69 Å². The van der Waals surface area contributed by atoms with E-state index in [0.717, 1.165) is 12.0 Å². The van der Waals surface area contributed by atoms with E-state index in [2.05, 4.69) is 0 Å². The van der Waals surface area contributed by atoms with Crippen molar-refractivity contribution >= 4 is 11.6 Å². The van der Waals surface area contributed by atoms with Crippen molar-refractivity contribution in [1.82, 2.24) is 0 Å². The van der Waals surface area contributed by atoms with Gasteiger partial charge in [0.1, 0.15) is 5.75 Å². The molecule has 0 saturated heterocycles. The number of anilines is 1. The Morgan fingerprint density at radius 3 is 3.00 bits per heavy atom. The zero-order valence-electron chi connectivity index (χ0n) is 10.6. The van der Waals surface area contributed by atoms with E-state index < -0.39 is 11.9 Å². The first-order valence-electron chi connectivity index (χ1n) is 6.11. The van der Waals surface area contributed by atoms with Crippen LogP contribution in [-0.4, -0.2) is 23.3 Å². The van der Waals surface area contributed by atoms with Gasteiger partial charge in [0, 0.05) is 6.07 Å². The van der Waals surface area contributed by atoms with E-state index >= 15 is 0 Å². The van der Waals surface area contributed by atoms with Crippen LogP contribution in [0.2, 0.25) is 0 Å². The number of rotatable bonds is 3. The first-order valence-corrected chi connectivity index (χ1v) is 6.11. The van der Waals surface area contributed by atoms with E-state index in [1.807, 2.05) is 26.0 Å². The molecule has 18 heavy (non-hydrogen) atoms. The largest absolute Gasteiger partial charge is 0.491 e. The van der Waals surface area contributed by atoms with Crippen LogP contribution in [0.5, 0.6) is 5.75 Å². The molecular formula is C13H18N2O3. The molecular weight excluding hydrogens is 232 g/mol. The zero-order valence-corrected chi connectivity index (χ0v) is 10.6. The molecule has 0 saturated carbocycles. The molecule has 5 heteroatoms. The van der Waals surface area contributed by atoms with Gasteiger partial charge in [0.15, 0.2) is 0 Å². The minimum atomic E-state index is -0.677. The maximum atomic E-state index is 11.6. The van der Waals surface area contributed by atoms with E-state index in [1.165, 1.54) is 0 Å². The number of hydrogen-bond donors (Lipinski definition) is 2. The minimum absolute atomic E-state index is 0.0942. The second kappa shape index (κ2) is 4.96. The summed E-state index contributed by atoms with van der Waals surface area (Å²) in [5.74, 6) is 0.161. The number of nitrogens with two attached hydrogens (primary N) is 1. The van der Waals surface area contributed by atoms with Crippen LogP contribution >= 0.6 is 0 Å². The maximum absolute atomic E-state index is 11.6.